The Kier molecular flexibility index (Phi) is 57.0. The number of hydrogen-bond donors (Lipinski definition) is 0. The Balaban J connectivity index is 4.35. The molecular weight excluding hydrogens is 925 g/mol. The van der Waals surface area contributed by atoms with E-state index >= 15 is 0 Å². The summed E-state index contributed by atoms with van der Waals surface area (Å²) in [5.41, 5.74) is 0. The molecule has 6 nitrogen and oxygen atoms in total. The first-order chi connectivity index (χ1) is 37.0. The van der Waals surface area contributed by atoms with Crippen LogP contribution in [0.1, 0.15) is 226 Å². The summed E-state index contributed by atoms with van der Waals surface area (Å²) in [6.45, 7) is 6.29. The van der Waals surface area contributed by atoms with Gasteiger partial charge in [-0.15, -0.1) is 0 Å². The number of hydrogen-bond acceptors (Lipinski definition) is 6. The van der Waals surface area contributed by atoms with Crippen molar-refractivity contribution in [2.24, 2.45) is 0 Å². The minimum atomic E-state index is -0.818. The lowest BCUT2D eigenvalue weighted by Gasteiger charge is -2.18. The Morgan fingerprint density at radius 1 is 0.280 bits per heavy atom. The van der Waals surface area contributed by atoms with Crippen molar-refractivity contribution in [2.75, 3.05) is 13.2 Å². The summed E-state index contributed by atoms with van der Waals surface area (Å²) in [4.78, 5) is 38.0. The highest BCUT2D eigenvalue weighted by Gasteiger charge is 2.19. The van der Waals surface area contributed by atoms with Crippen LogP contribution in [-0.2, 0) is 28.6 Å². The minimum Gasteiger partial charge on any atom is -0.462 e. The molecule has 0 aliphatic rings. The quantitative estimate of drug-likeness (QED) is 0.0261. The predicted molar refractivity (Wildman–Crippen MR) is 325 cm³/mol. The monoisotopic (exact) mass is 1030 g/mol. The van der Waals surface area contributed by atoms with Crippen molar-refractivity contribution in [1.29, 1.82) is 0 Å². The van der Waals surface area contributed by atoms with Crippen LogP contribution in [0.15, 0.2) is 170 Å². The highest BCUT2D eigenvalue weighted by Crippen LogP contribution is 2.12. The van der Waals surface area contributed by atoms with Crippen LogP contribution in [0.4, 0.5) is 0 Å². The van der Waals surface area contributed by atoms with Gasteiger partial charge in [0.05, 0.1) is 0 Å². The summed E-state index contributed by atoms with van der Waals surface area (Å²) in [5.74, 6) is -0.999. The molecule has 1 atom stereocenters. The van der Waals surface area contributed by atoms with Gasteiger partial charge in [0.25, 0.3) is 0 Å². The summed E-state index contributed by atoms with van der Waals surface area (Å²) < 4.78 is 16.7. The van der Waals surface area contributed by atoms with Gasteiger partial charge in [0, 0.05) is 19.3 Å². The molecular formula is C69H106O6. The summed E-state index contributed by atoms with van der Waals surface area (Å²) in [5, 5.41) is 0. The molecule has 0 aromatic carbocycles. The fourth-order valence-electron chi connectivity index (χ4n) is 7.34. The zero-order valence-electron chi connectivity index (χ0n) is 47.7. The molecule has 0 aromatic heterocycles. The highest BCUT2D eigenvalue weighted by molar-refractivity contribution is 5.71. The number of esters is 3. The van der Waals surface area contributed by atoms with Crippen molar-refractivity contribution >= 4 is 17.9 Å². The van der Waals surface area contributed by atoms with Gasteiger partial charge in [0.1, 0.15) is 13.2 Å². The van der Waals surface area contributed by atoms with E-state index in [0.717, 1.165) is 154 Å². The number of ether oxygens (including phenoxy) is 3. The smallest absolute Gasteiger partial charge is 0.306 e. The van der Waals surface area contributed by atoms with E-state index in [9.17, 15) is 14.4 Å². The molecule has 6 heteroatoms. The van der Waals surface area contributed by atoms with Gasteiger partial charge in [0.15, 0.2) is 6.10 Å². The fourth-order valence-corrected chi connectivity index (χ4v) is 7.34. The topological polar surface area (TPSA) is 78.9 Å². The third-order valence-corrected chi connectivity index (χ3v) is 11.7. The van der Waals surface area contributed by atoms with Gasteiger partial charge in [-0.3, -0.25) is 14.4 Å². The number of rotatable bonds is 51. The molecule has 0 aliphatic heterocycles. The first-order valence-electron chi connectivity index (χ1n) is 29.6. The van der Waals surface area contributed by atoms with Crippen LogP contribution in [0.2, 0.25) is 0 Å². The largest absolute Gasteiger partial charge is 0.462 e. The zero-order valence-corrected chi connectivity index (χ0v) is 47.7. The van der Waals surface area contributed by atoms with Gasteiger partial charge in [-0.25, -0.2) is 0 Å². The van der Waals surface area contributed by atoms with E-state index in [-0.39, 0.29) is 37.5 Å². The molecule has 0 fully saturated rings. The van der Waals surface area contributed by atoms with E-state index in [4.69, 9.17) is 14.2 Å². The number of carbonyl (C=O) groups excluding carboxylic acids is 3. The van der Waals surface area contributed by atoms with Gasteiger partial charge < -0.3 is 14.2 Å². The molecule has 0 amide bonds. The van der Waals surface area contributed by atoms with Crippen molar-refractivity contribution in [3.05, 3.63) is 170 Å². The number of allylic oxidation sites excluding steroid dienone is 28. The molecule has 0 spiro atoms. The molecule has 0 N–H and O–H groups in total. The Morgan fingerprint density at radius 2 is 0.520 bits per heavy atom. The van der Waals surface area contributed by atoms with Crippen LogP contribution in [0.5, 0.6) is 0 Å². The SMILES string of the molecule is CC/C=C\C/C=C\C/C=C\C/C=C\C/C=C\C/C=C\C/C=C\C/C=C\CCCCCCC(=O)OCC(COC(=O)CCCCCCCCC)OC(=O)CCCC/C=C\C/C=C\C/C=C\C/C=C\C/C=C\C/C=C\CC. The predicted octanol–water partition coefficient (Wildman–Crippen LogP) is 20.3. The summed E-state index contributed by atoms with van der Waals surface area (Å²) >= 11 is 0. The van der Waals surface area contributed by atoms with Gasteiger partial charge in [-0.05, 0) is 135 Å². The van der Waals surface area contributed by atoms with Crippen LogP contribution in [0.3, 0.4) is 0 Å². The third-order valence-electron chi connectivity index (χ3n) is 11.7. The van der Waals surface area contributed by atoms with Crippen molar-refractivity contribution in [1.82, 2.24) is 0 Å². The first kappa shape index (κ1) is 69.8. The highest BCUT2D eigenvalue weighted by atomic mass is 16.6. The Labute approximate surface area is 460 Å². The Bertz CT molecular complexity index is 1750. The standard InChI is InChI=1S/C69H106O6/c1-4-7-10-13-16-18-20-22-24-26-28-30-31-32-33-34-35-36-37-39-40-42-44-46-48-50-53-56-59-62-68(71)74-65-66(64-73-67(70)61-58-55-52-15-12-9-6-3)75-69(72)63-60-57-54-51-49-47-45-43-41-38-29-27-25-23-21-19-17-14-11-8-5-2/h7-8,10-11,16-19,22-25,28-30,32-33,35-36,38-40,43-46,49,51,66H,4-6,9,12-15,20-21,26-27,31,34,37,41-42,47-48,50,52-65H2,1-3H3/b10-7-,11-8-,18-16-,19-17-,24-22-,25-23-,30-28-,33-32-,36-35-,38-29-,40-39-,45-43-,46-44-,51-49-. The van der Waals surface area contributed by atoms with E-state index in [0.29, 0.717) is 19.3 Å². The zero-order chi connectivity index (χ0) is 54.3. The fraction of sp³-hybridized carbons (Fsp3) is 0.551. The lowest BCUT2D eigenvalue weighted by Crippen LogP contribution is -2.30. The second kappa shape index (κ2) is 61.3. The van der Waals surface area contributed by atoms with E-state index < -0.39 is 6.10 Å². The summed E-state index contributed by atoms with van der Waals surface area (Å²) in [6, 6.07) is 0. The average molecular weight is 1030 g/mol. The number of unbranched alkanes of at least 4 members (excludes halogenated alkanes) is 12. The Hall–Kier alpha value is -5.23. The molecule has 0 heterocycles. The number of carbonyl (C=O) groups is 3. The van der Waals surface area contributed by atoms with Crippen molar-refractivity contribution in [3.8, 4) is 0 Å². The van der Waals surface area contributed by atoms with Crippen molar-refractivity contribution in [3.63, 3.8) is 0 Å². The van der Waals surface area contributed by atoms with Crippen molar-refractivity contribution in [2.45, 2.75) is 232 Å². The summed E-state index contributed by atoms with van der Waals surface area (Å²) in [6.07, 6.45) is 90.8. The van der Waals surface area contributed by atoms with Gasteiger partial charge >= 0.3 is 17.9 Å². The molecule has 0 radical (unpaired) electrons. The third kappa shape index (κ3) is 59.5. The molecule has 75 heavy (non-hydrogen) atoms. The molecule has 0 aliphatic carbocycles. The lowest BCUT2D eigenvalue weighted by atomic mass is 10.1. The molecule has 0 saturated heterocycles. The van der Waals surface area contributed by atoms with Crippen LogP contribution < -0.4 is 0 Å². The molecule has 1 unspecified atom stereocenters. The maximum Gasteiger partial charge on any atom is 0.306 e. The first-order valence-corrected chi connectivity index (χ1v) is 29.6. The Morgan fingerprint density at radius 3 is 0.840 bits per heavy atom. The maximum absolute atomic E-state index is 12.8. The minimum absolute atomic E-state index is 0.111. The molecule has 418 valence electrons. The van der Waals surface area contributed by atoms with E-state index in [1.54, 1.807) is 0 Å². The van der Waals surface area contributed by atoms with Gasteiger partial charge in [0.2, 0.25) is 0 Å². The average Bonchev–Trinajstić information content (AvgIpc) is 3.41. The van der Waals surface area contributed by atoms with E-state index in [1.165, 1.54) is 25.7 Å². The summed E-state index contributed by atoms with van der Waals surface area (Å²) in [7, 11) is 0. The molecule has 0 aromatic rings. The van der Waals surface area contributed by atoms with Crippen LogP contribution in [0.25, 0.3) is 0 Å². The molecule has 0 rings (SSSR count). The van der Waals surface area contributed by atoms with Crippen LogP contribution >= 0.6 is 0 Å². The second-order valence-electron chi connectivity index (χ2n) is 18.8. The normalized spacial score (nSPS) is 13.4. The van der Waals surface area contributed by atoms with Gasteiger partial charge in [-0.1, -0.05) is 242 Å². The van der Waals surface area contributed by atoms with Crippen molar-refractivity contribution < 1.29 is 28.6 Å². The van der Waals surface area contributed by atoms with Crippen LogP contribution in [0, 0.1) is 0 Å². The van der Waals surface area contributed by atoms with Crippen LogP contribution in [-0.4, -0.2) is 37.2 Å². The molecule has 0 saturated carbocycles. The van der Waals surface area contributed by atoms with E-state index in [1.807, 2.05) is 0 Å². The van der Waals surface area contributed by atoms with E-state index in [2.05, 4.69) is 191 Å². The maximum atomic E-state index is 12.8. The second-order valence-corrected chi connectivity index (χ2v) is 18.8. The van der Waals surface area contributed by atoms with Gasteiger partial charge in [-0.2, -0.15) is 0 Å². The lowest BCUT2D eigenvalue weighted by molar-refractivity contribution is -0.167. The molecule has 0 bridgehead atoms.